The number of carbonyl (C=O) groups excluding carboxylic acids is 2. The van der Waals surface area contributed by atoms with Crippen LogP contribution in [0.2, 0.25) is 0 Å². The number of aromatic nitrogens is 2. The molecule has 31 heavy (non-hydrogen) atoms. The van der Waals surface area contributed by atoms with Crippen LogP contribution in [0.5, 0.6) is 0 Å². The van der Waals surface area contributed by atoms with E-state index in [1.807, 2.05) is 4.90 Å². The quantitative estimate of drug-likeness (QED) is 0.438. The number of anilines is 2. The minimum absolute atomic E-state index is 0.0829. The lowest BCUT2D eigenvalue weighted by Gasteiger charge is -2.25. The Kier molecular flexibility index (Phi) is 5.73. The number of aryl methyl sites for hydroxylation is 1. The molecule has 0 aliphatic carbocycles. The number of nitro groups is 1. The van der Waals surface area contributed by atoms with Crippen molar-refractivity contribution in [2.45, 2.75) is 19.9 Å². The molecule has 0 saturated heterocycles. The van der Waals surface area contributed by atoms with Crippen molar-refractivity contribution in [3.8, 4) is 0 Å². The number of carbonyl (C=O) groups is 2. The van der Waals surface area contributed by atoms with Crippen molar-refractivity contribution < 1.29 is 19.0 Å². The third-order valence-electron chi connectivity index (χ3n) is 4.60. The number of nitrogens with zero attached hydrogens (tertiary/aromatic N) is 4. The summed E-state index contributed by atoms with van der Waals surface area (Å²) in [5.41, 5.74) is 1.38. The molecule has 2 N–H and O–H groups in total. The average Bonchev–Trinajstić information content (AvgIpc) is 3.33. The van der Waals surface area contributed by atoms with Gasteiger partial charge in [-0.25, -0.2) is 4.98 Å². The van der Waals surface area contributed by atoms with Crippen molar-refractivity contribution in [2.75, 3.05) is 23.7 Å². The Bertz CT molecular complexity index is 1160. The molecule has 1 aliphatic rings. The number of fused-ring (bicyclic) bond motifs is 1. The molecule has 0 saturated carbocycles. The van der Waals surface area contributed by atoms with Gasteiger partial charge in [0.25, 0.3) is 11.6 Å². The van der Waals surface area contributed by atoms with E-state index in [2.05, 4.69) is 20.8 Å². The largest absolute Gasteiger partial charge is 0.361 e. The van der Waals surface area contributed by atoms with E-state index in [4.69, 9.17) is 4.52 Å². The molecule has 2 aromatic heterocycles. The summed E-state index contributed by atoms with van der Waals surface area (Å²) in [6, 6.07) is 7.36. The van der Waals surface area contributed by atoms with Crippen molar-refractivity contribution in [3.63, 3.8) is 0 Å². The first-order valence-corrected chi connectivity index (χ1v) is 10.2. The number of hydrogen-bond donors (Lipinski definition) is 2. The van der Waals surface area contributed by atoms with E-state index in [1.165, 1.54) is 29.5 Å². The number of rotatable bonds is 6. The summed E-state index contributed by atoms with van der Waals surface area (Å²) in [6.07, 6.45) is 0.648. The highest BCUT2D eigenvalue weighted by Crippen LogP contribution is 2.28. The molecule has 1 aliphatic heterocycles. The predicted octanol–water partition coefficient (Wildman–Crippen LogP) is 2.60. The minimum atomic E-state index is -0.508. The molecule has 1 aromatic carbocycles. The van der Waals surface area contributed by atoms with Gasteiger partial charge in [0.05, 0.1) is 17.2 Å². The Balaban J connectivity index is 1.34. The normalized spacial score (nSPS) is 13.5. The third kappa shape index (κ3) is 4.92. The van der Waals surface area contributed by atoms with E-state index in [0.29, 0.717) is 36.1 Å². The van der Waals surface area contributed by atoms with Crippen molar-refractivity contribution in [3.05, 3.63) is 62.5 Å². The van der Waals surface area contributed by atoms with Gasteiger partial charge in [0, 0.05) is 48.3 Å². The van der Waals surface area contributed by atoms with E-state index < -0.39 is 10.8 Å². The Morgan fingerprint density at radius 2 is 2.16 bits per heavy atom. The molecule has 3 aromatic rings. The van der Waals surface area contributed by atoms with E-state index in [1.54, 1.807) is 19.1 Å². The van der Waals surface area contributed by atoms with Gasteiger partial charge in [-0.3, -0.25) is 29.9 Å². The lowest BCUT2D eigenvalue weighted by Crippen LogP contribution is -2.36. The Morgan fingerprint density at radius 1 is 1.32 bits per heavy atom. The first-order chi connectivity index (χ1) is 14.9. The smallest absolute Gasteiger partial charge is 0.279 e. The second kappa shape index (κ2) is 8.62. The highest BCUT2D eigenvalue weighted by molar-refractivity contribution is 7.15. The molecule has 0 radical (unpaired) electrons. The van der Waals surface area contributed by atoms with E-state index >= 15 is 0 Å². The Labute approximate surface area is 180 Å². The van der Waals surface area contributed by atoms with Crippen LogP contribution in [-0.2, 0) is 17.8 Å². The van der Waals surface area contributed by atoms with Crippen LogP contribution in [0.15, 0.2) is 34.9 Å². The number of nitrogens with one attached hydrogen (secondary N) is 2. The van der Waals surface area contributed by atoms with Crippen molar-refractivity contribution >= 4 is 39.7 Å². The fourth-order valence-electron chi connectivity index (χ4n) is 3.17. The van der Waals surface area contributed by atoms with Crippen molar-refractivity contribution in [1.29, 1.82) is 0 Å². The summed E-state index contributed by atoms with van der Waals surface area (Å²) in [4.78, 5) is 42.4. The Hall–Kier alpha value is -3.64. The summed E-state index contributed by atoms with van der Waals surface area (Å²) < 4.78 is 4.91. The standard InChI is InChI=1S/C19H18N6O5S/c1-11-7-15(23-30-11)18(27)22-19-21-14-5-6-24(9-16(14)31-19)10-17(26)20-12-3-2-4-13(8-12)25(28)29/h2-4,7-8H,5-6,9-10H2,1H3,(H,20,26)(H,21,22,27). The number of hydrogen-bond acceptors (Lipinski definition) is 9. The van der Waals surface area contributed by atoms with Gasteiger partial charge in [-0.2, -0.15) is 0 Å². The number of amides is 2. The molecule has 0 atom stereocenters. The molecule has 3 heterocycles. The molecule has 4 rings (SSSR count). The highest BCUT2D eigenvalue weighted by Gasteiger charge is 2.23. The zero-order valence-corrected chi connectivity index (χ0v) is 17.3. The van der Waals surface area contributed by atoms with Crippen LogP contribution < -0.4 is 10.6 Å². The second-order valence-electron chi connectivity index (χ2n) is 6.98. The number of non-ortho nitro benzene ring substituents is 1. The van der Waals surface area contributed by atoms with Crippen LogP contribution in [0.4, 0.5) is 16.5 Å². The molecule has 0 spiro atoms. The topological polar surface area (TPSA) is 144 Å². The maximum Gasteiger partial charge on any atom is 0.279 e. The van der Waals surface area contributed by atoms with E-state index in [0.717, 1.165) is 10.6 Å². The predicted molar refractivity (Wildman–Crippen MR) is 112 cm³/mol. The average molecular weight is 442 g/mol. The lowest BCUT2D eigenvalue weighted by molar-refractivity contribution is -0.384. The van der Waals surface area contributed by atoms with Gasteiger partial charge in [-0.15, -0.1) is 11.3 Å². The number of benzene rings is 1. The van der Waals surface area contributed by atoms with Crippen LogP contribution >= 0.6 is 11.3 Å². The molecule has 2 amide bonds. The molecule has 0 bridgehead atoms. The van der Waals surface area contributed by atoms with E-state index in [-0.39, 0.29) is 23.8 Å². The summed E-state index contributed by atoms with van der Waals surface area (Å²) in [7, 11) is 0. The van der Waals surface area contributed by atoms with Crippen LogP contribution in [0.25, 0.3) is 0 Å². The van der Waals surface area contributed by atoms with Crippen LogP contribution in [0, 0.1) is 17.0 Å². The summed E-state index contributed by atoms with van der Waals surface area (Å²) in [6.45, 7) is 3.00. The van der Waals surface area contributed by atoms with Gasteiger partial charge in [0.15, 0.2) is 10.8 Å². The molecule has 160 valence electrons. The van der Waals surface area contributed by atoms with Crippen LogP contribution in [0.1, 0.15) is 26.8 Å². The molecular weight excluding hydrogens is 424 g/mol. The zero-order chi connectivity index (χ0) is 22.0. The minimum Gasteiger partial charge on any atom is -0.361 e. The summed E-state index contributed by atoms with van der Waals surface area (Å²) in [5, 5.41) is 20.4. The molecule has 12 heteroatoms. The van der Waals surface area contributed by atoms with Gasteiger partial charge >= 0.3 is 0 Å². The second-order valence-corrected chi connectivity index (χ2v) is 8.07. The number of thiazole rings is 1. The van der Waals surface area contributed by atoms with Crippen LogP contribution in [-0.4, -0.2) is 44.9 Å². The van der Waals surface area contributed by atoms with Crippen LogP contribution in [0.3, 0.4) is 0 Å². The third-order valence-corrected chi connectivity index (χ3v) is 5.60. The maximum atomic E-state index is 12.4. The van der Waals surface area contributed by atoms with Gasteiger partial charge < -0.3 is 9.84 Å². The van der Waals surface area contributed by atoms with Crippen molar-refractivity contribution in [2.24, 2.45) is 0 Å². The number of nitro benzene ring substituents is 1. The zero-order valence-electron chi connectivity index (χ0n) is 16.5. The van der Waals surface area contributed by atoms with Gasteiger partial charge in [0.2, 0.25) is 5.91 Å². The SMILES string of the molecule is Cc1cc(C(=O)Nc2nc3c(s2)CN(CC(=O)Nc2cccc([N+](=O)[O-])c2)CC3)no1. The molecule has 0 fully saturated rings. The Morgan fingerprint density at radius 3 is 2.90 bits per heavy atom. The first kappa shape index (κ1) is 20.6. The molecular formula is C19H18N6O5S. The van der Waals surface area contributed by atoms with Gasteiger partial charge in [-0.1, -0.05) is 11.2 Å². The lowest BCUT2D eigenvalue weighted by atomic mass is 10.2. The highest BCUT2D eigenvalue weighted by atomic mass is 32.1. The first-order valence-electron chi connectivity index (χ1n) is 9.37. The fraction of sp³-hybridized carbons (Fsp3) is 0.263. The fourth-order valence-corrected chi connectivity index (χ4v) is 4.22. The summed E-state index contributed by atoms with van der Waals surface area (Å²) >= 11 is 1.36. The molecule has 11 nitrogen and oxygen atoms in total. The van der Waals surface area contributed by atoms with Crippen molar-refractivity contribution in [1.82, 2.24) is 15.0 Å². The van der Waals surface area contributed by atoms with Gasteiger partial charge in [0.1, 0.15) is 5.76 Å². The van der Waals surface area contributed by atoms with Gasteiger partial charge in [-0.05, 0) is 13.0 Å². The summed E-state index contributed by atoms with van der Waals surface area (Å²) in [5.74, 6) is -0.109. The van der Waals surface area contributed by atoms with E-state index in [9.17, 15) is 19.7 Å². The molecule has 0 unspecified atom stereocenters. The monoisotopic (exact) mass is 442 g/mol. The maximum absolute atomic E-state index is 12.4.